The lowest BCUT2D eigenvalue weighted by atomic mass is 9.89. The van der Waals surface area contributed by atoms with Crippen LogP contribution in [0.2, 0.25) is 0 Å². The lowest BCUT2D eigenvalue weighted by Crippen LogP contribution is -2.22. The van der Waals surface area contributed by atoms with Gasteiger partial charge in [-0.1, -0.05) is 37.8 Å². The summed E-state index contributed by atoms with van der Waals surface area (Å²) < 4.78 is 45.7. The average Bonchev–Trinajstić information content (AvgIpc) is 3.34. The van der Waals surface area contributed by atoms with Crippen LogP contribution in [0.25, 0.3) is 0 Å². The number of rotatable bonds is 11. The third kappa shape index (κ3) is 7.18. The van der Waals surface area contributed by atoms with E-state index in [9.17, 15) is 17.8 Å². The Morgan fingerprint density at radius 1 is 1.12 bits per heavy atom. The second-order valence-electron chi connectivity index (χ2n) is 8.64. The SMILES string of the molecule is COP(=O)(Cc1cnc(NC(=O)[C@H](CCC2CCCC2)c2ccc(S(C)(=O)=O)cc2)cn1)OC. The van der Waals surface area contributed by atoms with Crippen LogP contribution < -0.4 is 5.32 Å². The molecule has 1 amide bonds. The van der Waals surface area contributed by atoms with Gasteiger partial charge in [0, 0.05) is 20.5 Å². The molecule has 186 valence electrons. The zero-order valence-electron chi connectivity index (χ0n) is 19.8. The van der Waals surface area contributed by atoms with E-state index in [-0.39, 0.29) is 22.8 Å². The summed E-state index contributed by atoms with van der Waals surface area (Å²) in [6.45, 7) is 0. The van der Waals surface area contributed by atoms with Gasteiger partial charge in [-0.05, 0) is 36.5 Å². The van der Waals surface area contributed by atoms with Crippen LogP contribution in [0.4, 0.5) is 5.82 Å². The molecule has 0 bridgehead atoms. The Hall–Kier alpha value is -2.13. The Morgan fingerprint density at radius 3 is 2.29 bits per heavy atom. The molecule has 1 aliphatic carbocycles. The summed E-state index contributed by atoms with van der Waals surface area (Å²) in [6, 6.07) is 6.49. The zero-order chi connectivity index (χ0) is 24.8. The highest BCUT2D eigenvalue weighted by Crippen LogP contribution is 2.49. The Morgan fingerprint density at radius 2 is 1.76 bits per heavy atom. The molecule has 11 heteroatoms. The zero-order valence-corrected chi connectivity index (χ0v) is 21.5. The van der Waals surface area contributed by atoms with E-state index in [2.05, 4.69) is 15.3 Å². The molecule has 1 aliphatic rings. The number of amides is 1. The van der Waals surface area contributed by atoms with E-state index in [0.29, 0.717) is 18.0 Å². The van der Waals surface area contributed by atoms with Gasteiger partial charge in [0.2, 0.25) is 5.91 Å². The van der Waals surface area contributed by atoms with Crippen LogP contribution in [0.1, 0.15) is 55.7 Å². The quantitative estimate of drug-likeness (QED) is 0.437. The number of benzene rings is 1. The van der Waals surface area contributed by atoms with Crippen LogP contribution in [0.5, 0.6) is 0 Å². The van der Waals surface area contributed by atoms with Crippen molar-refractivity contribution in [3.05, 3.63) is 47.9 Å². The molecule has 1 aromatic heterocycles. The van der Waals surface area contributed by atoms with Crippen LogP contribution in [0, 0.1) is 5.92 Å². The lowest BCUT2D eigenvalue weighted by molar-refractivity contribution is -0.117. The number of anilines is 1. The molecule has 1 N–H and O–H groups in total. The van der Waals surface area contributed by atoms with Crippen molar-refractivity contribution < 1.29 is 26.8 Å². The number of hydrogen-bond donors (Lipinski definition) is 1. The van der Waals surface area contributed by atoms with Crippen LogP contribution in [-0.2, 0) is 34.4 Å². The predicted octanol–water partition coefficient (Wildman–Crippen LogP) is 4.56. The normalized spacial score (nSPS) is 15.9. The third-order valence-corrected chi connectivity index (χ3v) is 9.19. The van der Waals surface area contributed by atoms with Gasteiger partial charge in [0.15, 0.2) is 15.7 Å². The first-order valence-electron chi connectivity index (χ1n) is 11.3. The second kappa shape index (κ2) is 11.5. The van der Waals surface area contributed by atoms with Gasteiger partial charge in [0.05, 0.1) is 35.1 Å². The molecule has 3 rings (SSSR count). The Bertz CT molecular complexity index is 1110. The van der Waals surface area contributed by atoms with Crippen molar-refractivity contribution in [3.8, 4) is 0 Å². The van der Waals surface area contributed by atoms with Gasteiger partial charge < -0.3 is 14.4 Å². The van der Waals surface area contributed by atoms with E-state index in [1.54, 1.807) is 24.3 Å². The molecule has 0 radical (unpaired) electrons. The first kappa shape index (κ1) is 26.5. The summed E-state index contributed by atoms with van der Waals surface area (Å²) >= 11 is 0. The third-order valence-electron chi connectivity index (χ3n) is 6.23. The van der Waals surface area contributed by atoms with Gasteiger partial charge in [-0.25, -0.2) is 13.4 Å². The van der Waals surface area contributed by atoms with Crippen molar-refractivity contribution in [2.24, 2.45) is 5.92 Å². The summed E-state index contributed by atoms with van der Waals surface area (Å²) in [4.78, 5) is 21.9. The number of carbonyl (C=O) groups excluding carboxylic acids is 1. The highest BCUT2D eigenvalue weighted by molar-refractivity contribution is 7.90. The van der Waals surface area contributed by atoms with Crippen molar-refractivity contribution in [3.63, 3.8) is 0 Å². The molecular formula is C23H32N3O6PS. The van der Waals surface area contributed by atoms with Crippen LogP contribution in [0.15, 0.2) is 41.6 Å². The summed E-state index contributed by atoms with van der Waals surface area (Å²) in [5, 5.41) is 2.82. The van der Waals surface area contributed by atoms with Crippen molar-refractivity contribution in [2.45, 2.75) is 55.5 Å². The predicted molar refractivity (Wildman–Crippen MR) is 129 cm³/mol. The van der Waals surface area contributed by atoms with Gasteiger partial charge in [0.1, 0.15) is 0 Å². The summed E-state index contributed by atoms with van der Waals surface area (Å²) in [7, 11) is -3.98. The minimum atomic E-state index is -3.32. The molecule has 0 saturated heterocycles. The Labute approximate surface area is 201 Å². The average molecular weight is 510 g/mol. The van der Waals surface area contributed by atoms with Gasteiger partial charge in [-0.3, -0.25) is 14.3 Å². The molecule has 0 spiro atoms. The number of nitrogens with one attached hydrogen (secondary N) is 1. The standard InChI is InChI=1S/C23H32N3O6PS/c1-31-33(28,32-2)16-19-14-25-22(15-24-19)26-23(27)21(13-8-17-6-4-5-7-17)18-9-11-20(12-10-18)34(3,29)30/h9-12,14-15,17,21H,4-8,13,16H2,1-3H3,(H,25,26,27)/t21-/m1/s1. The first-order chi connectivity index (χ1) is 16.1. The smallest absolute Gasteiger partial charge is 0.312 e. The van der Waals surface area contributed by atoms with Crippen LogP contribution in [-0.4, -0.2) is 44.8 Å². The minimum absolute atomic E-state index is 0.0298. The molecule has 1 saturated carbocycles. The van der Waals surface area contributed by atoms with Crippen molar-refractivity contribution in [1.29, 1.82) is 0 Å². The highest BCUT2D eigenvalue weighted by atomic mass is 32.2. The lowest BCUT2D eigenvalue weighted by Gasteiger charge is -2.19. The minimum Gasteiger partial charge on any atom is -0.312 e. The topological polar surface area (TPSA) is 125 Å². The van der Waals surface area contributed by atoms with Crippen LogP contribution >= 0.6 is 7.60 Å². The molecule has 2 aromatic rings. The van der Waals surface area contributed by atoms with E-state index in [1.165, 1.54) is 52.3 Å². The summed E-state index contributed by atoms with van der Waals surface area (Å²) in [6.07, 6.45) is 10.4. The number of hydrogen-bond acceptors (Lipinski definition) is 8. The number of sulfone groups is 1. The van der Waals surface area contributed by atoms with Gasteiger partial charge >= 0.3 is 7.60 Å². The van der Waals surface area contributed by atoms with Crippen molar-refractivity contribution >= 4 is 29.2 Å². The van der Waals surface area contributed by atoms with E-state index in [4.69, 9.17) is 9.05 Å². The Kier molecular flexibility index (Phi) is 8.98. The molecular weight excluding hydrogens is 477 g/mol. The summed E-state index contributed by atoms with van der Waals surface area (Å²) in [5.74, 6) is 0.212. The van der Waals surface area contributed by atoms with E-state index in [1.807, 2.05) is 0 Å². The fraction of sp³-hybridized carbons (Fsp3) is 0.522. The highest BCUT2D eigenvalue weighted by Gasteiger charge is 2.26. The van der Waals surface area contributed by atoms with Crippen molar-refractivity contribution in [2.75, 3.05) is 25.8 Å². The van der Waals surface area contributed by atoms with E-state index >= 15 is 0 Å². The molecule has 34 heavy (non-hydrogen) atoms. The molecule has 1 atom stereocenters. The number of aromatic nitrogens is 2. The Balaban J connectivity index is 1.74. The molecule has 1 heterocycles. The summed E-state index contributed by atoms with van der Waals surface area (Å²) in [5.41, 5.74) is 1.17. The molecule has 9 nitrogen and oxygen atoms in total. The molecule has 0 aliphatic heterocycles. The maximum absolute atomic E-state index is 13.2. The fourth-order valence-corrected chi connectivity index (χ4v) is 5.81. The van der Waals surface area contributed by atoms with Crippen molar-refractivity contribution in [1.82, 2.24) is 9.97 Å². The second-order valence-corrected chi connectivity index (χ2v) is 12.9. The largest absolute Gasteiger partial charge is 0.336 e. The monoisotopic (exact) mass is 509 g/mol. The van der Waals surface area contributed by atoms with Gasteiger partial charge in [-0.2, -0.15) is 0 Å². The van der Waals surface area contributed by atoms with Gasteiger partial charge in [-0.15, -0.1) is 0 Å². The molecule has 0 unspecified atom stereocenters. The fourth-order valence-electron chi connectivity index (χ4n) is 4.21. The number of nitrogens with zero attached hydrogens (tertiary/aromatic N) is 2. The first-order valence-corrected chi connectivity index (χ1v) is 14.9. The van der Waals surface area contributed by atoms with E-state index in [0.717, 1.165) is 18.2 Å². The maximum atomic E-state index is 13.2. The molecule has 1 fully saturated rings. The molecule has 1 aromatic carbocycles. The van der Waals surface area contributed by atoms with E-state index < -0.39 is 23.4 Å². The maximum Gasteiger partial charge on any atom is 0.336 e. The van der Waals surface area contributed by atoms with Gasteiger partial charge in [0.25, 0.3) is 0 Å². The van der Waals surface area contributed by atoms with Crippen LogP contribution in [0.3, 0.4) is 0 Å². The number of carbonyl (C=O) groups is 1.